The first-order valence-electron chi connectivity index (χ1n) is 10.4. The van der Waals surface area contributed by atoms with Gasteiger partial charge < -0.3 is 11.5 Å². The molecule has 4 nitrogen and oxygen atoms in total. The summed E-state index contributed by atoms with van der Waals surface area (Å²) >= 11 is 0. The van der Waals surface area contributed by atoms with E-state index < -0.39 is 0 Å². The van der Waals surface area contributed by atoms with Crippen LogP contribution in [0, 0.1) is 0 Å². The normalized spacial score (nSPS) is 13.5. The Morgan fingerprint density at radius 2 is 0.923 bits per heavy atom. The zero-order valence-electron chi connectivity index (χ0n) is 16.8. The van der Waals surface area contributed by atoms with Gasteiger partial charge in [-0.15, -0.1) is 0 Å². The topological polar surface area (TPSA) is 86.2 Å². The molecule has 154 valence electrons. The van der Waals surface area contributed by atoms with Crippen LogP contribution in [-0.2, 0) is 9.59 Å². The van der Waals surface area contributed by atoms with Crippen LogP contribution in [0.1, 0.15) is 104 Å². The van der Waals surface area contributed by atoms with Gasteiger partial charge in [0.05, 0.1) is 10.5 Å². The molecule has 6 heteroatoms. The summed E-state index contributed by atoms with van der Waals surface area (Å²) in [7, 11) is 2.90. The molecule has 0 aliphatic heterocycles. The molecule has 2 atom stereocenters. The Hall–Kier alpha value is -0.360. The summed E-state index contributed by atoms with van der Waals surface area (Å²) in [6, 6.07) is 0. The number of unbranched alkanes of at least 4 members (excludes halogenated alkanes) is 10. The maximum atomic E-state index is 11.7. The Morgan fingerprint density at radius 3 is 1.23 bits per heavy atom. The van der Waals surface area contributed by atoms with Crippen LogP contribution < -0.4 is 11.5 Å². The van der Waals surface area contributed by atoms with E-state index in [0.717, 1.165) is 38.5 Å². The largest absolute Gasteiger partial charge is 0.369 e. The third-order valence-corrected chi connectivity index (χ3v) is 7.80. The number of rotatable bonds is 19. The third kappa shape index (κ3) is 14.8. The van der Waals surface area contributed by atoms with E-state index in [1.54, 1.807) is 0 Å². The molecule has 0 aromatic carbocycles. The monoisotopic (exact) mass is 404 g/mol. The molecule has 0 fully saturated rings. The number of nitrogens with two attached hydrogens (primary N) is 2. The van der Waals surface area contributed by atoms with Crippen LogP contribution >= 0.6 is 21.6 Å². The van der Waals surface area contributed by atoms with E-state index in [-0.39, 0.29) is 22.3 Å². The zero-order valence-corrected chi connectivity index (χ0v) is 18.5. The Kier molecular flexibility index (Phi) is 17.8. The molecule has 0 radical (unpaired) electrons. The first kappa shape index (κ1) is 25.6. The van der Waals surface area contributed by atoms with Gasteiger partial charge in [-0.3, -0.25) is 9.59 Å². The molecule has 4 N–H and O–H groups in total. The van der Waals surface area contributed by atoms with E-state index in [9.17, 15) is 9.59 Å². The average Bonchev–Trinajstić information content (AvgIpc) is 2.60. The number of hydrogen-bond donors (Lipinski definition) is 2. The lowest BCUT2D eigenvalue weighted by molar-refractivity contribution is -0.118. The molecule has 0 aromatic heterocycles. The van der Waals surface area contributed by atoms with Crippen LogP contribution in [0.3, 0.4) is 0 Å². The average molecular weight is 405 g/mol. The van der Waals surface area contributed by atoms with Crippen LogP contribution in [0.15, 0.2) is 0 Å². The molecule has 0 bridgehead atoms. The molecule has 0 aliphatic rings. The van der Waals surface area contributed by atoms with Gasteiger partial charge in [-0.2, -0.15) is 0 Å². The van der Waals surface area contributed by atoms with Crippen molar-refractivity contribution in [3.8, 4) is 0 Å². The van der Waals surface area contributed by atoms with Gasteiger partial charge >= 0.3 is 0 Å². The fourth-order valence-electron chi connectivity index (χ4n) is 2.83. The molecule has 0 spiro atoms. The van der Waals surface area contributed by atoms with Crippen LogP contribution in [0.5, 0.6) is 0 Å². The molecule has 0 aromatic rings. The minimum atomic E-state index is -0.279. The van der Waals surface area contributed by atoms with E-state index >= 15 is 0 Å². The highest BCUT2D eigenvalue weighted by atomic mass is 33.1. The zero-order chi connectivity index (χ0) is 19.6. The second-order valence-electron chi connectivity index (χ2n) is 7.09. The van der Waals surface area contributed by atoms with Crippen molar-refractivity contribution in [3.63, 3.8) is 0 Å². The Balaban J connectivity index is 4.06. The number of hydrogen-bond acceptors (Lipinski definition) is 4. The van der Waals surface area contributed by atoms with E-state index in [0.29, 0.717) is 0 Å². The Bertz CT molecular complexity index is 334. The van der Waals surface area contributed by atoms with Crippen LogP contribution in [0.2, 0.25) is 0 Å². The van der Waals surface area contributed by atoms with Crippen molar-refractivity contribution in [2.45, 2.75) is 114 Å². The Labute approximate surface area is 168 Å². The molecule has 0 saturated carbocycles. The van der Waals surface area contributed by atoms with E-state index in [1.807, 2.05) is 0 Å². The number of carbonyl (C=O) groups excluding carboxylic acids is 2. The van der Waals surface area contributed by atoms with Crippen LogP contribution in [0.25, 0.3) is 0 Å². The fourth-order valence-corrected chi connectivity index (χ4v) is 5.76. The first-order chi connectivity index (χ1) is 12.5. The highest BCUT2D eigenvalue weighted by Gasteiger charge is 2.22. The van der Waals surface area contributed by atoms with Gasteiger partial charge in [0, 0.05) is 0 Å². The van der Waals surface area contributed by atoms with Gasteiger partial charge in [-0.1, -0.05) is 112 Å². The molecule has 0 saturated heterocycles. The number of carbonyl (C=O) groups is 2. The lowest BCUT2D eigenvalue weighted by Gasteiger charge is -2.16. The van der Waals surface area contributed by atoms with E-state index in [2.05, 4.69) is 13.8 Å². The SMILES string of the molecule is CCCCCCCCC(SSC(CCCCCCCC)C(N)=O)C(N)=O. The standard InChI is InChI=1S/C20H40N2O2S2/c1-3-5-7-9-11-13-15-17(19(21)23)25-26-18(20(22)24)16-14-12-10-8-6-4-2/h17-18H,3-16H2,1-2H3,(H2,21,23)(H2,22,24). The molecule has 0 rings (SSSR count). The predicted molar refractivity (Wildman–Crippen MR) is 117 cm³/mol. The summed E-state index contributed by atoms with van der Waals surface area (Å²) in [4.78, 5) is 23.4. The first-order valence-corrected chi connectivity index (χ1v) is 12.7. The van der Waals surface area contributed by atoms with E-state index in [1.165, 1.54) is 73.0 Å². The predicted octanol–water partition coefficient (Wildman–Crippen LogP) is 5.58. The Morgan fingerprint density at radius 1 is 0.615 bits per heavy atom. The van der Waals surface area contributed by atoms with Crippen molar-refractivity contribution in [2.75, 3.05) is 0 Å². The van der Waals surface area contributed by atoms with Crippen molar-refractivity contribution in [1.82, 2.24) is 0 Å². The van der Waals surface area contributed by atoms with Gasteiger partial charge in [0.15, 0.2) is 0 Å². The summed E-state index contributed by atoms with van der Waals surface area (Å²) in [6.45, 7) is 4.41. The quantitative estimate of drug-likeness (QED) is 0.217. The third-order valence-electron chi connectivity index (χ3n) is 4.56. The van der Waals surface area contributed by atoms with Gasteiger partial charge in [-0.05, 0) is 12.8 Å². The molecule has 0 heterocycles. The van der Waals surface area contributed by atoms with Crippen molar-refractivity contribution >= 4 is 33.4 Å². The van der Waals surface area contributed by atoms with Crippen molar-refractivity contribution in [1.29, 1.82) is 0 Å². The van der Waals surface area contributed by atoms with E-state index in [4.69, 9.17) is 11.5 Å². The van der Waals surface area contributed by atoms with Crippen LogP contribution in [0.4, 0.5) is 0 Å². The molecule has 26 heavy (non-hydrogen) atoms. The molecule has 2 amide bonds. The van der Waals surface area contributed by atoms with Crippen LogP contribution in [-0.4, -0.2) is 22.3 Å². The second-order valence-corrected chi connectivity index (χ2v) is 9.77. The molecular formula is C20H40N2O2S2. The van der Waals surface area contributed by atoms with Gasteiger partial charge in [0.25, 0.3) is 0 Å². The number of amides is 2. The lowest BCUT2D eigenvalue weighted by Crippen LogP contribution is -2.28. The maximum absolute atomic E-state index is 11.7. The minimum absolute atomic E-state index is 0.224. The highest BCUT2D eigenvalue weighted by Crippen LogP contribution is 2.35. The van der Waals surface area contributed by atoms with Gasteiger partial charge in [0.1, 0.15) is 0 Å². The molecular weight excluding hydrogens is 364 g/mol. The molecule has 0 aliphatic carbocycles. The summed E-state index contributed by atoms with van der Waals surface area (Å²) in [5, 5.41) is -0.449. The highest BCUT2D eigenvalue weighted by molar-refractivity contribution is 8.77. The lowest BCUT2D eigenvalue weighted by atomic mass is 10.1. The fraction of sp³-hybridized carbons (Fsp3) is 0.900. The second kappa shape index (κ2) is 18.0. The number of primary amides is 2. The van der Waals surface area contributed by atoms with Gasteiger partial charge in [0.2, 0.25) is 11.8 Å². The summed E-state index contributed by atoms with van der Waals surface area (Å²) in [5.74, 6) is -0.558. The van der Waals surface area contributed by atoms with Crippen molar-refractivity contribution in [3.05, 3.63) is 0 Å². The van der Waals surface area contributed by atoms with Gasteiger partial charge in [-0.25, -0.2) is 0 Å². The minimum Gasteiger partial charge on any atom is -0.369 e. The maximum Gasteiger partial charge on any atom is 0.231 e. The van der Waals surface area contributed by atoms with Crippen molar-refractivity contribution in [2.24, 2.45) is 11.5 Å². The summed E-state index contributed by atoms with van der Waals surface area (Å²) in [6.07, 6.45) is 15.9. The van der Waals surface area contributed by atoms with Crippen molar-refractivity contribution < 1.29 is 9.59 Å². The molecule has 2 unspecified atom stereocenters. The summed E-state index contributed by atoms with van der Waals surface area (Å²) in [5.41, 5.74) is 11.1. The summed E-state index contributed by atoms with van der Waals surface area (Å²) < 4.78 is 0. The smallest absolute Gasteiger partial charge is 0.231 e.